The Balaban J connectivity index is 2.48. The van der Waals surface area contributed by atoms with Crippen LogP contribution in [0.2, 0.25) is 5.02 Å². The molecule has 1 heterocycles. The Bertz CT molecular complexity index is 486. The van der Waals surface area contributed by atoms with E-state index in [2.05, 4.69) is 32.8 Å². The molecule has 2 N–H and O–H groups in total. The highest BCUT2D eigenvalue weighted by Gasteiger charge is 2.11. The van der Waals surface area contributed by atoms with Crippen molar-refractivity contribution in [3.63, 3.8) is 0 Å². The number of hydrogen-bond donors (Lipinski definition) is 1. The second kappa shape index (κ2) is 4.46. The number of nitrogens with two attached hydrogens (primary N) is 1. The normalized spacial score (nSPS) is 10.6. The van der Waals surface area contributed by atoms with Gasteiger partial charge in [-0.25, -0.2) is 0 Å². The Morgan fingerprint density at radius 2 is 2.20 bits per heavy atom. The van der Waals surface area contributed by atoms with Crippen LogP contribution in [-0.4, -0.2) is 10.2 Å². The topological polar surface area (TPSA) is 64.9 Å². The highest BCUT2D eigenvalue weighted by molar-refractivity contribution is 14.1. The van der Waals surface area contributed by atoms with Gasteiger partial charge in [0.15, 0.2) is 0 Å². The summed E-state index contributed by atoms with van der Waals surface area (Å²) >= 11 is 8.07. The third kappa shape index (κ3) is 2.30. The molecule has 4 nitrogen and oxygen atoms in total. The molecule has 1 aromatic carbocycles. The molecule has 0 amide bonds. The van der Waals surface area contributed by atoms with Gasteiger partial charge in [0.1, 0.15) is 0 Å². The maximum atomic E-state index is 5.89. The van der Waals surface area contributed by atoms with E-state index in [0.29, 0.717) is 16.8 Å². The van der Waals surface area contributed by atoms with Gasteiger partial charge in [-0.3, -0.25) is 0 Å². The van der Waals surface area contributed by atoms with Crippen LogP contribution in [0.3, 0.4) is 0 Å². The molecule has 1 aromatic heterocycles. The molecule has 6 heteroatoms. The number of aromatic nitrogens is 2. The van der Waals surface area contributed by atoms with E-state index in [4.69, 9.17) is 21.8 Å². The monoisotopic (exact) mass is 335 g/mol. The van der Waals surface area contributed by atoms with Gasteiger partial charge in [0, 0.05) is 8.59 Å². The lowest BCUT2D eigenvalue weighted by Crippen LogP contribution is -1.95. The Morgan fingerprint density at radius 3 is 2.87 bits per heavy atom. The van der Waals surface area contributed by atoms with E-state index in [1.54, 1.807) is 6.07 Å². The van der Waals surface area contributed by atoms with Gasteiger partial charge in [0.25, 0.3) is 0 Å². The molecule has 0 saturated heterocycles. The lowest BCUT2D eigenvalue weighted by molar-refractivity contribution is 0.508. The minimum atomic E-state index is 0.240. The average Bonchev–Trinajstić information content (AvgIpc) is 2.70. The molecule has 15 heavy (non-hydrogen) atoms. The zero-order valence-electron chi connectivity index (χ0n) is 7.58. The smallest absolute Gasteiger partial charge is 0.248 e. The molecule has 0 bridgehead atoms. The second-order valence-corrected chi connectivity index (χ2v) is 4.43. The third-order valence-electron chi connectivity index (χ3n) is 1.80. The van der Waals surface area contributed by atoms with Crippen molar-refractivity contribution < 1.29 is 4.42 Å². The van der Waals surface area contributed by atoms with Crippen LogP contribution in [-0.2, 0) is 6.54 Å². The fourth-order valence-corrected chi connectivity index (χ4v) is 1.84. The first kappa shape index (κ1) is 10.8. The van der Waals surface area contributed by atoms with Gasteiger partial charge >= 0.3 is 0 Å². The summed E-state index contributed by atoms with van der Waals surface area (Å²) < 4.78 is 6.35. The Kier molecular flexibility index (Phi) is 3.22. The van der Waals surface area contributed by atoms with Crippen LogP contribution in [0.5, 0.6) is 0 Å². The van der Waals surface area contributed by atoms with Crippen LogP contribution in [0.15, 0.2) is 22.6 Å². The molecule has 0 unspecified atom stereocenters. The van der Waals surface area contributed by atoms with E-state index >= 15 is 0 Å². The van der Waals surface area contributed by atoms with Crippen molar-refractivity contribution in [3.05, 3.63) is 32.7 Å². The maximum Gasteiger partial charge on any atom is 0.248 e. The first-order valence-corrected chi connectivity index (χ1v) is 5.64. The predicted octanol–water partition coefficient (Wildman–Crippen LogP) is 2.45. The molecular formula is C9H7ClIN3O. The summed E-state index contributed by atoms with van der Waals surface area (Å²) in [6, 6.07) is 5.49. The summed E-state index contributed by atoms with van der Waals surface area (Å²) in [5.74, 6) is 0.864. The van der Waals surface area contributed by atoms with Crippen LogP contribution >= 0.6 is 34.2 Å². The maximum absolute atomic E-state index is 5.89. The van der Waals surface area contributed by atoms with Gasteiger partial charge in [0.2, 0.25) is 11.8 Å². The second-order valence-electron chi connectivity index (χ2n) is 2.83. The standard InChI is InChI=1S/C9H7ClIN3O/c10-5-1-2-7(11)6(3-5)9-14-13-8(4-12)15-9/h1-3H,4,12H2. The summed E-state index contributed by atoms with van der Waals surface area (Å²) in [7, 11) is 0. The summed E-state index contributed by atoms with van der Waals surface area (Å²) in [5.41, 5.74) is 6.21. The molecular weight excluding hydrogens is 328 g/mol. The molecule has 0 saturated carbocycles. The summed E-state index contributed by atoms with van der Waals surface area (Å²) in [6.45, 7) is 0.240. The van der Waals surface area contributed by atoms with Gasteiger partial charge in [0.05, 0.1) is 12.1 Å². The molecule has 2 aromatic rings. The number of hydrogen-bond acceptors (Lipinski definition) is 4. The molecule has 0 fully saturated rings. The molecule has 78 valence electrons. The van der Waals surface area contributed by atoms with Crippen molar-refractivity contribution in [1.29, 1.82) is 0 Å². The number of nitrogens with zero attached hydrogens (tertiary/aromatic N) is 2. The minimum Gasteiger partial charge on any atom is -0.419 e. The van der Waals surface area contributed by atoms with E-state index in [-0.39, 0.29) is 6.54 Å². The van der Waals surface area contributed by atoms with Gasteiger partial charge in [-0.1, -0.05) is 11.6 Å². The molecule has 2 rings (SSSR count). The quantitative estimate of drug-likeness (QED) is 0.856. The molecule has 0 radical (unpaired) electrons. The lowest BCUT2D eigenvalue weighted by atomic mass is 10.2. The van der Waals surface area contributed by atoms with E-state index in [0.717, 1.165) is 9.13 Å². The average molecular weight is 336 g/mol. The van der Waals surface area contributed by atoms with Gasteiger partial charge < -0.3 is 10.2 Å². The third-order valence-corrected chi connectivity index (χ3v) is 2.98. The zero-order valence-corrected chi connectivity index (χ0v) is 10.5. The van der Waals surface area contributed by atoms with Crippen LogP contribution in [0.4, 0.5) is 0 Å². The van der Waals surface area contributed by atoms with Gasteiger partial charge in [-0.15, -0.1) is 10.2 Å². The van der Waals surface area contributed by atoms with Crippen LogP contribution in [0.25, 0.3) is 11.5 Å². The Hall–Kier alpha value is -0.660. The first-order valence-electron chi connectivity index (χ1n) is 4.18. The summed E-state index contributed by atoms with van der Waals surface area (Å²) in [5, 5.41) is 8.33. The highest BCUT2D eigenvalue weighted by Crippen LogP contribution is 2.27. The number of rotatable bonds is 2. The van der Waals surface area contributed by atoms with Crippen LogP contribution < -0.4 is 5.73 Å². The summed E-state index contributed by atoms with van der Waals surface area (Å²) in [4.78, 5) is 0. The van der Waals surface area contributed by atoms with E-state index in [1.165, 1.54) is 0 Å². The van der Waals surface area contributed by atoms with Crippen LogP contribution in [0.1, 0.15) is 5.89 Å². The number of benzene rings is 1. The molecule has 0 aliphatic rings. The van der Waals surface area contributed by atoms with Crippen LogP contribution in [0, 0.1) is 3.57 Å². The lowest BCUT2D eigenvalue weighted by Gasteiger charge is -1.99. The predicted molar refractivity (Wildman–Crippen MR) is 65.4 cm³/mol. The van der Waals surface area contributed by atoms with Crippen molar-refractivity contribution >= 4 is 34.2 Å². The van der Waals surface area contributed by atoms with Crippen molar-refractivity contribution in [3.8, 4) is 11.5 Å². The Morgan fingerprint density at radius 1 is 1.40 bits per heavy atom. The molecule has 0 aliphatic heterocycles. The van der Waals surface area contributed by atoms with E-state index in [1.807, 2.05) is 12.1 Å². The van der Waals surface area contributed by atoms with Crippen molar-refractivity contribution in [2.75, 3.05) is 0 Å². The number of halogens is 2. The SMILES string of the molecule is NCc1nnc(-c2cc(Cl)ccc2I)o1. The highest BCUT2D eigenvalue weighted by atomic mass is 127. The van der Waals surface area contributed by atoms with Crippen molar-refractivity contribution in [2.45, 2.75) is 6.54 Å². The zero-order chi connectivity index (χ0) is 10.8. The van der Waals surface area contributed by atoms with E-state index < -0.39 is 0 Å². The molecule has 0 aliphatic carbocycles. The molecule has 0 spiro atoms. The Labute approximate surface area is 105 Å². The molecule has 0 atom stereocenters. The fourth-order valence-electron chi connectivity index (χ4n) is 1.11. The van der Waals surface area contributed by atoms with Crippen molar-refractivity contribution in [1.82, 2.24) is 10.2 Å². The van der Waals surface area contributed by atoms with E-state index in [9.17, 15) is 0 Å². The van der Waals surface area contributed by atoms with Gasteiger partial charge in [-0.05, 0) is 40.8 Å². The minimum absolute atomic E-state index is 0.240. The fraction of sp³-hybridized carbons (Fsp3) is 0.111. The van der Waals surface area contributed by atoms with Crippen molar-refractivity contribution in [2.24, 2.45) is 5.73 Å². The largest absolute Gasteiger partial charge is 0.419 e. The van der Waals surface area contributed by atoms with Gasteiger partial charge in [-0.2, -0.15) is 0 Å². The summed E-state index contributed by atoms with van der Waals surface area (Å²) in [6.07, 6.45) is 0. The first-order chi connectivity index (χ1) is 7.20.